The minimum absolute atomic E-state index is 0.301. The summed E-state index contributed by atoms with van der Waals surface area (Å²) < 4.78 is 25.2. The molecule has 0 bridgehead atoms. The summed E-state index contributed by atoms with van der Waals surface area (Å²) in [5.41, 5.74) is 6.78. The topological polar surface area (TPSA) is 44.2 Å². The van der Waals surface area contributed by atoms with Crippen LogP contribution in [0, 0.1) is 0 Å². The van der Waals surface area contributed by atoms with Crippen molar-refractivity contribution in [1.29, 1.82) is 0 Å². The molecule has 6 aromatic rings. The number of aromatic nitrogens is 2. The van der Waals surface area contributed by atoms with Crippen molar-refractivity contribution >= 4 is 68.1 Å². The van der Waals surface area contributed by atoms with E-state index in [1.807, 2.05) is 45.3 Å². The summed E-state index contributed by atoms with van der Waals surface area (Å²) in [6.45, 7) is 9.28. The van der Waals surface area contributed by atoms with Crippen molar-refractivity contribution in [2.45, 2.75) is 321 Å². The average molecular weight is 1190 g/mol. The largest absolute Gasteiger partial charge is 0.481 e. The van der Waals surface area contributed by atoms with Crippen molar-refractivity contribution in [3.8, 4) is 51.9 Å². The van der Waals surface area contributed by atoms with Gasteiger partial charge in [0, 0.05) is 32.0 Å². The summed E-state index contributed by atoms with van der Waals surface area (Å²) in [4.78, 5) is 8.09. The molecule has 0 aliphatic carbocycles. The van der Waals surface area contributed by atoms with Crippen LogP contribution in [0.15, 0.2) is 47.2 Å². The van der Waals surface area contributed by atoms with E-state index in [4.69, 9.17) is 18.2 Å². The van der Waals surface area contributed by atoms with Gasteiger partial charge in [-0.05, 0) is 86.4 Å². The van der Waals surface area contributed by atoms with Gasteiger partial charge in [-0.15, -0.1) is 45.3 Å². The fraction of sp³-hybridized carbons (Fsp3) is 0.694. The van der Waals surface area contributed by atoms with Crippen LogP contribution in [0.2, 0.25) is 0 Å². The van der Waals surface area contributed by atoms with E-state index in [1.54, 1.807) is 0 Å². The zero-order chi connectivity index (χ0) is 56.2. The van der Waals surface area contributed by atoms with Crippen LogP contribution in [0.4, 0.5) is 0 Å². The maximum absolute atomic E-state index is 7.43. The highest BCUT2D eigenvalue weighted by Crippen LogP contribution is 2.59. The molecule has 2 aliphatic rings. The SMILES string of the molecule is CCCCCCCCCCCCC1(CCCCCCCCCCCC)Oc2ccsc2-c2sc(-c3ccc(-c4cc5c(s4)-c4sccc4OC5(CCCCCCCCCCCC)CCCCCCCCCCCC)c4nsnc34)cc21. The molecule has 0 fully saturated rings. The zero-order valence-corrected chi connectivity index (χ0v) is 55.6. The van der Waals surface area contributed by atoms with E-state index in [1.165, 1.54) is 320 Å². The molecule has 0 atom stereocenters. The lowest BCUT2D eigenvalue weighted by Crippen LogP contribution is -2.35. The Balaban J connectivity index is 1.03. The number of ether oxygens (including phenoxy) is 2. The lowest BCUT2D eigenvalue weighted by atomic mass is 9.81. The quantitative estimate of drug-likeness (QED) is 0.0357. The van der Waals surface area contributed by atoms with E-state index in [-0.39, 0.29) is 11.2 Å². The number of fused-ring (bicyclic) bond motifs is 7. The molecule has 0 spiro atoms. The van der Waals surface area contributed by atoms with Gasteiger partial charge >= 0.3 is 0 Å². The predicted octanol–water partition coefficient (Wildman–Crippen LogP) is 27.0. The monoisotopic (exact) mass is 1190 g/mol. The minimum atomic E-state index is -0.301. The highest BCUT2D eigenvalue weighted by atomic mass is 32.1. The van der Waals surface area contributed by atoms with Crippen molar-refractivity contribution in [1.82, 2.24) is 8.75 Å². The molecule has 9 heteroatoms. The summed E-state index contributed by atoms with van der Waals surface area (Å²) in [6.07, 6.45) is 58.4. The van der Waals surface area contributed by atoms with Gasteiger partial charge in [0.05, 0.1) is 31.2 Å². The Kier molecular flexibility index (Phi) is 28.5. The third-order valence-electron chi connectivity index (χ3n) is 18.4. The maximum Gasteiger partial charge on any atom is 0.140 e. The number of nitrogens with zero attached hydrogens (tertiary/aromatic N) is 2. The molecule has 81 heavy (non-hydrogen) atoms. The number of benzene rings is 1. The van der Waals surface area contributed by atoms with Crippen molar-refractivity contribution in [3.05, 3.63) is 58.3 Å². The van der Waals surface area contributed by atoms with Crippen LogP contribution in [0.1, 0.15) is 321 Å². The third kappa shape index (κ3) is 18.5. The first kappa shape index (κ1) is 64.4. The number of hydrogen-bond donors (Lipinski definition) is 0. The Bertz CT molecular complexity index is 2420. The van der Waals surface area contributed by atoms with Gasteiger partial charge < -0.3 is 9.47 Å². The third-order valence-corrected chi connectivity index (χ3v) is 23.4. The van der Waals surface area contributed by atoms with E-state index in [0.717, 1.165) is 48.2 Å². The van der Waals surface area contributed by atoms with Gasteiger partial charge in [0.2, 0.25) is 0 Å². The Morgan fingerprint density at radius 1 is 0.333 bits per heavy atom. The normalized spacial score (nSPS) is 14.0. The van der Waals surface area contributed by atoms with Gasteiger partial charge in [0.1, 0.15) is 33.7 Å². The van der Waals surface area contributed by atoms with Crippen molar-refractivity contribution < 1.29 is 9.47 Å². The predicted molar refractivity (Wildman–Crippen MR) is 361 cm³/mol. The van der Waals surface area contributed by atoms with E-state index in [2.05, 4.69) is 74.9 Å². The molecule has 1 aromatic carbocycles. The fourth-order valence-corrected chi connectivity index (χ4v) is 18.6. The van der Waals surface area contributed by atoms with Crippen LogP contribution < -0.4 is 9.47 Å². The van der Waals surface area contributed by atoms with Gasteiger partial charge in [-0.2, -0.15) is 8.75 Å². The molecule has 8 rings (SSSR count). The van der Waals surface area contributed by atoms with Crippen LogP contribution in [0.3, 0.4) is 0 Å². The summed E-state index contributed by atoms with van der Waals surface area (Å²) in [6, 6.07) is 14.4. The lowest BCUT2D eigenvalue weighted by Gasteiger charge is -2.38. The van der Waals surface area contributed by atoms with Crippen molar-refractivity contribution in [3.63, 3.8) is 0 Å². The van der Waals surface area contributed by atoms with Crippen molar-refractivity contribution in [2.75, 3.05) is 0 Å². The lowest BCUT2D eigenvalue weighted by molar-refractivity contribution is 0.0395. The van der Waals surface area contributed by atoms with E-state index < -0.39 is 0 Å². The molecule has 0 saturated carbocycles. The molecule has 5 aromatic heterocycles. The molecule has 0 amide bonds. The first-order valence-electron chi connectivity index (χ1n) is 34.1. The fourth-order valence-electron chi connectivity index (χ4n) is 13.5. The van der Waals surface area contributed by atoms with Gasteiger partial charge in [0.15, 0.2) is 0 Å². The van der Waals surface area contributed by atoms with E-state index >= 15 is 0 Å². The highest BCUT2D eigenvalue weighted by Gasteiger charge is 2.44. The Hall–Kier alpha value is -2.56. The average Bonchev–Trinajstić information content (AvgIpc) is 3.37. The van der Waals surface area contributed by atoms with Crippen LogP contribution in [-0.4, -0.2) is 8.75 Å². The summed E-state index contributed by atoms with van der Waals surface area (Å²) >= 11 is 9.04. The van der Waals surface area contributed by atoms with Crippen molar-refractivity contribution in [2.24, 2.45) is 0 Å². The zero-order valence-electron chi connectivity index (χ0n) is 51.5. The van der Waals surface area contributed by atoms with Crippen LogP contribution in [0.5, 0.6) is 11.5 Å². The molecule has 0 unspecified atom stereocenters. The second kappa shape index (κ2) is 35.8. The van der Waals surface area contributed by atoms with Gasteiger partial charge in [-0.25, -0.2) is 0 Å². The molecule has 0 radical (unpaired) electrons. The Labute approximate surface area is 514 Å². The first-order valence-corrected chi connectivity index (χ1v) is 38.2. The molecular formula is C72H108N2O2S5. The summed E-state index contributed by atoms with van der Waals surface area (Å²) in [5, 5.41) is 4.52. The first-order chi connectivity index (χ1) is 40.0. The second-order valence-electron chi connectivity index (χ2n) is 25.0. The Morgan fingerprint density at radius 3 is 0.889 bits per heavy atom. The number of hydrogen-bond acceptors (Lipinski definition) is 9. The minimum Gasteiger partial charge on any atom is -0.481 e. The molecule has 448 valence electrons. The molecule has 0 N–H and O–H groups in total. The molecule has 2 aliphatic heterocycles. The summed E-state index contributed by atoms with van der Waals surface area (Å²) in [7, 11) is 0. The van der Waals surface area contributed by atoms with Gasteiger partial charge in [-0.3, -0.25) is 0 Å². The molecular weight excluding hydrogens is 1090 g/mol. The molecule has 0 saturated heterocycles. The van der Waals surface area contributed by atoms with Gasteiger partial charge in [0.25, 0.3) is 0 Å². The number of rotatable bonds is 46. The summed E-state index contributed by atoms with van der Waals surface area (Å²) in [5.74, 6) is 2.21. The maximum atomic E-state index is 7.43. The highest BCUT2D eigenvalue weighted by molar-refractivity contribution is 7.24. The smallest absolute Gasteiger partial charge is 0.140 e. The molecule has 4 nitrogen and oxygen atoms in total. The van der Waals surface area contributed by atoms with Crippen LogP contribution >= 0.6 is 57.1 Å². The van der Waals surface area contributed by atoms with E-state index in [0.29, 0.717) is 0 Å². The Morgan fingerprint density at radius 2 is 0.605 bits per heavy atom. The van der Waals surface area contributed by atoms with E-state index in [9.17, 15) is 0 Å². The number of unbranched alkanes of at least 4 members (excludes halogenated alkanes) is 36. The van der Waals surface area contributed by atoms with Crippen LogP contribution in [-0.2, 0) is 11.2 Å². The van der Waals surface area contributed by atoms with Crippen LogP contribution in [0.25, 0.3) is 51.4 Å². The van der Waals surface area contributed by atoms with Gasteiger partial charge in [-0.1, -0.05) is 271 Å². The molecule has 7 heterocycles. The second-order valence-corrected chi connectivity index (χ2v) is 29.4. The number of thiophene rings is 4. The standard InChI is InChI=1S/C72H108N2O2S5/c1-5-9-13-17-21-25-29-33-37-41-49-71(50-42-38-34-30-26-22-18-14-10-6-2)59-55-63(79-67(59)69-61(75-71)47-53-77-69)57-45-46-58(66-65(57)73-81-74-66)64-56-60-68(80-64)70-62(48-54-78-70)76-72(60,51-43-39-35-31-27-23-19-15-11-7-3)52-44-40-36-32-28-24-20-16-12-8-4/h45-48,53-56H,5-44,49-52H2,1-4H3.